The molecule has 0 N–H and O–H groups in total. The number of halogens is 12. The van der Waals surface area contributed by atoms with Gasteiger partial charge >= 0.3 is 36.0 Å². The summed E-state index contributed by atoms with van der Waals surface area (Å²) >= 11 is 0. The van der Waals surface area contributed by atoms with Gasteiger partial charge in [0, 0.05) is 0 Å². The maximum Gasteiger partial charge on any atom is 0.384 e. The summed E-state index contributed by atoms with van der Waals surface area (Å²) in [6.45, 7) is -2.46. The third-order valence-corrected chi connectivity index (χ3v) is 3.99. The largest absolute Gasteiger partial charge is 0.384 e. The van der Waals surface area contributed by atoms with Crippen LogP contribution in [0.4, 0.5) is 52.7 Å². The van der Waals surface area contributed by atoms with Gasteiger partial charge in [0.1, 0.15) is 6.61 Å². The van der Waals surface area contributed by atoms with Crippen molar-refractivity contribution in [3.8, 4) is 0 Å². The van der Waals surface area contributed by atoms with Crippen molar-refractivity contribution in [3.63, 3.8) is 0 Å². The molecular formula is C13H14F12O. The third-order valence-electron chi connectivity index (χ3n) is 3.99. The zero-order valence-electron chi connectivity index (χ0n) is 12.8. The standard InChI is InChI=1S/C13H14F12O/c14-8(15)10(18,19)12(22,23)13(24,25)11(20,21)9(16,17)6-26-7-4-2-1-3-5-7/h7-8H,1-6H2. The molecule has 0 spiro atoms. The second-order valence-electron chi connectivity index (χ2n) is 5.92. The lowest BCUT2D eigenvalue weighted by Crippen LogP contribution is -2.69. The lowest BCUT2D eigenvalue weighted by atomic mass is 9.94. The van der Waals surface area contributed by atoms with Crippen LogP contribution < -0.4 is 0 Å². The van der Waals surface area contributed by atoms with Gasteiger partial charge in [-0.05, 0) is 12.8 Å². The van der Waals surface area contributed by atoms with Crippen LogP contribution in [0, 0.1) is 0 Å². The van der Waals surface area contributed by atoms with Gasteiger partial charge in [0.15, 0.2) is 0 Å². The number of hydrogen-bond acceptors (Lipinski definition) is 1. The monoisotopic (exact) mass is 414 g/mol. The van der Waals surface area contributed by atoms with Crippen molar-refractivity contribution in [1.82, 2.24) is 0 Å². The normalized spacial score (nSPS) is 19.3. The van der Waals surface area contributed by atoms with Gasteiger partial charge in [-0.15, -0.1) is 0 Å². The van der Waals surface area contributed by atoms with Crippen LogP contribution in [0.5, 0.6) is 0 Å². The van der Waals surface area contributed by atoms with E-state index >= 15 is 0 Å². The lowest BCUT2D eigenvalue weighted by molar-refractivity contribution is -0.416. The van der Waals surface area contributed by atoms with E-state index in [1.165, 1.54) is 0 Å². The highest BCUT2D eigenvalue weighted by atomic mass is 19.4. The summed E-state index contributed by atoms with van der Waals surface area (Å²) in [5.74, 6) is -35.0. The van der Waals surface area contributed by atoms with E-state index in [1.807, 2.05) is 0 Å². The van der Waals surface area contributed by atoms with Crippen molar-refractivity contribution >= 4 is 0 Å². The molecule has 0 bridgehead atoms. The second-order valence-corrected chi connectivity index (χ2v) is 5.92. The van der Waals surface area contributed by atoms with Gasteiger partial charge in [-0.1, -0.05) is 19.3 Å². The molecule has 1 aliphatic carbocycles. The van der Waals surface area contributed by atoms with Gasteiger partial charge in [0.2, 0.25) is 0 Å². The molecule has 0 radical (unpaired) electrons. The Balaban J connectivity index is 3.06. The van der Waals surface area contributed by atoms with Gasteiger partial charge in [0.05, 0.1) is 6.10 Å². The van der Waals surface area contributed by atoms with Crippen molar-refractivity contribution in [2.75, 3.05) is 6.61 Å². The fourth-order valence-corrected chi connectivity index (χ4v) is 2.32. The second kappa shape index (κ2) is 7.27. The number of alkyl halides is 12. The first kappa shape index (κ1) is 23.2. The summed E-state index contributed by atoms with van der Waals surface area (Å²) < 4.78 is 160. The van der Waals surface area contributed by atoms with Crippen LogP contribution in [0.15, 0.2) is 0 Å². The Morgan fingerprint density at radius 3 is 1.58 bits per heavy atom. The molecule has 26 heavy (non-hydrogen) atoms. The van der Waals surface area contributed by atoms with Gasteiger partial charge < -0.3 is 4.74 Å². The van der Waals surface area contributed by atoms with Crippen LogP contribution in [0.1, 0.15) is 32.1 Å². The van der Waals surface area contributed by atoms with Crippen molar-refractivity contribution in [2.24, 2.45) is 0 Å². The highest BCUT2D eigenvalue weighted by Crippen LogP contribution is 2.58. The summed E-state index contributed by atoms with van der Waals surface area (Å²) in [4.78, 5) is 0. The molecule has 1 saturated carbocycles. The maximum absolute atomic E-state index is 13.5. The molecule has 0 heterocycles. The minimum atomic E-state index is -7.49. The average Bonchev–Trinajstić information content (AvgIpc) is 2.53. The van der Waals surface area contributed by atoms with Gasteiger partial charge in [-0.3, -0.25) is 0 Å². The zero-order chi connectivity index (χ0) is 20.6. The van der Waals surface area contributed by atoms with Crippen LogP contribution in [-0.4, -0.2) is 48.7 Å². The fourth-order valence-electron chi connectivity index (χ4n) is 2.32. The van der Waals surface area contributed by atoms with Crippen molar-refractivity contribution in [1.29, 1.82) is 0 Å². The molecule has 1 rings (SSSR count). The molecule has 0 aromatic heterocycles. The summed E-state index contributed by atoms with van der Waals surface area (Å²) in [5.41, 5.74) is 0. The maximum atomic E-state index is 13.5. The molecular weight excluding hydrogens is 400 g/mol. The van der Waals surface area contributed by atoms with E-state index in [4.69, 9.17) is 0 Å². The third kappa shape index (κ3) is 3.72. The number of ether oxygens (including phenoxy) is 1. The lowest BCUT2D eigenvalue weighted by Gasteiger charge is -2.39. The van der Waals surface area contributed by atoms with Crippen LogP contribution >= 0.6 is 0 Å². The number of rotatable bonds is 8. The number of hydrogen-bond donors (Lipinski definition) is 0. The van der Waals surface area contributed by atoms with E-state index in [1.54, 1.807) is 0 Å². The Bertz CT molecular complexity index is 470. The van der Waals surface area contributed by atoms with Crippen molar-refractivity contribution in [2.45, 2.75) is 74.2 Å². The Morgan fingerprint density at radius 1 is 0.692 bits per heavy atom. The Labute approximate surface area is 139 Å². The van der Waals surface area contributed by atoms with E-state index in [-0.39, 0.29) is 12.8 Å². The first-order valence-corrected chi connectivity index (χ1v) is 7.31. The molecule has 0 saturated heterocycles. The van der Waals surface area contributed by atoms with Crippen LogP contribution in [-0.2, 0) is 4.74 Å². The fraction of sp³-hybridized carbons (Fsp3) is 1.00. The van der Waals surface area contributed by atoms with Gasteiger partial charge in [-0.25, -0.2) is 8.78 Å². The predicted molar refractivity (Wildman–Crippen MR) is 63.6 cm³/mol. The van der Waals surface area contributed by atoms with Crippen LogP contribution in [0.25, 0.3) is 0 Å². The summed E-state index contributed by atoms with van der Waals surface area (Å²) in [5, 5.41) is 0. The summed E-state index contributed by atoms with van der Waals surface area (Å²) in [6.07, 6.45) is -4.68. The van der Waals surface area contributed by atoms with Gasteiger partial charge in [0.25, 0.3) is 0 Å². The molecule has 1 fully saturated rings. The van der Waals surface area contributed by atoms with E-state index in [9.17, 15) is 52.7 Å². The Morgan fingerprint density at radius 2 is 1.15 bits per heavy atom. The average molecular weight is 414 g/mol. The molecule has 156 valence electrons. The molecule has 0 atom stereocenters. The van der Waals surface area contributed by atoms with Crippen molar-refractivity contribution < 1.29 is 57.4 Å². The Kier molecular flexibility index (Phi) is 6.47. The summed E-state index contributed by atoms with van der Waals surface area (Å²) in [7, 11) is 0. The molecule has 0 unspecified atom stereocenters. The predicted octanol–water partition coefficient (Wildman–Crippen LogP) is 5.78. The quantitative estimate of drug-likeness (QED) is 0.458. The first-order chi connectivity index (χ1) is 11.5. The molecule has 1 nitrogen and oxygen atoms in total. The van der Waals surface area contributed by atoms with E-state index in [0.717, 1.165) is 0 Å². The van der Waals surface area contributed by atoms with Crippen molar-refractivity contribution in [3.05, 3.63) is 0 Å². The smallest absolute Gasteiger partial charge is 0.372 e. The molecule has 0 aromatic carbocycles. The molecule has 1 aliphatic rings. The highest BCUT2D eigenvalue weighted by Gasteiger charge is 2.87. The minimum Gasteiger partial charge on any atom is -0.372 e. The van der Waals surface area contributed by atoms with E-state index in [2.05, 4.69) is 4.74 Å². The Hall–Kier alpha value is -0.880. The first-order valence-electron chi connectivity index (χ1n) is 7.31. The molecule has 13 heteroatoms. The zero-order valence-corrected chi connectivity index (χ0v) is 12.8. The summed E-state index contributed by atoms with van der Waals surface area (Å²) in [6, 6.07) is 0. The molecule has 0 aliphatic heterocycles. The van der Waals surface area contributed by atoms with Crippen LogP contribution in [0.3, 0.4) is 0 Å². The van der Waals surface area contributed by atoms with E-state index in [0.29, 0.717) is 19.3 Å². The van der Waals surface area contributed by atoms with E-state index < -0.39 is 48.7 Å². The highest BCUT2D eigenvalue weighted by molar-refractivity contribution is 5.09. The minimum absolute atomic E-state index is 0.123. The SMILES string of the molecule is FC(F)C(F)(F)C(F)(F)C(F)(F)C(F)(F)C(F)(F)COC1CCCCC1. The molecule has 0 aromatic rings. The molecule has 0 amide bonds. The topological polar surface area (TPSA) is 9.23 Å². The van der Waals surface area contributed by atoms with Gasteiger partial charge in [-0.2, -0.15) is 43.9 Å². The van der Waals surface area contributed by atoms with Crippen LogP contribution in [0.2, 0.25) is 0 Å².